The zero-order chi connectivity index (χ0) is 9.54. The number of rotatable bonds is 1. The highest BCUT2D eigenvalue weighted by molar-refractivity contribution is 5.79. The molecule has 0 unspecified atom stereocenters. The van der Waals surface area contributed by atoms with Crippen LogP contribution in [0.4, 0.5) is 0 Å². The lowest BCUT2D eigenvalue weighted by Gasteiger charge is -2.04. The van der Waals surface area contributed by atoms with Crippen molar-refractivity contribution in [3.05, 3.63) is 35.6 Å². The van der Waals surface area contributed by atoms with Gasteiger partial charge in [0.2, 0.25) is 0 Å². The molecular weight excluding hydrogens is 174 g/mol. The van der Waals surface area contributed by atoms with Crippen LogP contribution < -0.4 is 5.32 Å². The Balaban J connectivity index is 2.13. The number of hydrogen-bond donors (Lipinski definition) is 1. The predicted octanol–water partition coefficient (Wildman–Crippen LogP) is 2.12. The van der Waals surface area contributed by atoms with Crippen molar-refractivity contribution < 1.29 is 4.42 Å². The lowest BCUT2D eigenvalue weighted by molar-refractivity contribution is 0.593. The quantitative estimate of drug-likeness (QED) is 0.739. The molecule has 2 aromatic rings. The first-order chi connectivity index (χ1) is 6.86. The van der Waals surface area contributed by atoms with Gasteiger partial charge in [0, 0.05) is 11.4 Å². The molecule has 1 aliphatic carbocycles. The fraction of sp³-hybridized carbons (Fsp3) is 0.333. The van der Waals surface area contributed by atoms with E-state index in [0.717, 1.165) is 18.4 Å². The summed E-state index contributed by atoms with van der Waals surface area (Å²) in [4.78, 5) is 0. The van der Waals surface area contributed by atoms with Crippen LogP contribution in [0.2, 0.25) is 0 Å². The molecule has 0 aliphatic heterocycles. The molecule has 2 heteroatoms. The van der Waals surface area contributed by atoms with Gasteiger partial charge in [-0.05, 0) is 49.2 Å². The van der Waals surface area contributed by atoms with Crippen LogP contribution in [-0.4, -0.2) is 13.1 Å². The molecule has 1 aliphatic rings. The van der Waals surface area contributed by atoms with E-state index in [1.807, 2.05) is 13.1 Å². The summed E-state index contributed by atoms with van der Waals surface area (Å²) in [7, 11) is 2.03. The highest BCUT2D eigenvalue weighted by Crippen LogP contribution is 2.27. The number of likely N-dealkylation sites (N-methyl/N-ethyl adjacent to an activating group) is 1. The fourth-order valence-corrected chi connectivity index (χ4v) is 2.29. The Hall–Kier alpha value is -1.28. The minimum absolute atomic E-state index is 0.608. The van der Waals surface area contributed by atoms with Gasteiger partial charge in [-0.25, -0.2) is 0 Å². The van der Waals surface area contributed by atoms with Gasteiger partial charge in [0.05, 0.1) is 6.26 Å². The molecule has 0 saturated heterocycles. The third-order valence-electron chi connectivity index (χ3n) is 3.12. The molecule has 0 saturated carbocycles. The summed E-state index contributed by atoms with van der Waals surface area (Å²) in [6.07, 6.45) is 4.03. The van der Waals surface area contributed by atoms with E-state index in [0.29, 0.717) is 6.04 Å². The Morgan fingerprint density at radius 3 is 2.86 bits per heavy atom. The first-order valence-corrected chi connectivity index (χ1v) is 5.03. The molecule has 0 fully saturated rings. The summed E-state index contributed by atoms with van der Waals surface area (Å²) < 4.78 is 5.39. The van der Waals surface area contributed by atoms with Gasteiger partial charge in [0.1, 0.15) is 5.58 Å². The molecule has 0 bridgehead atoms. The summed E-state index contributed by atoms with van der Waals surface area (Å²) in [6, 6.07) is 7.08. The number of fused-ring (bicyclic) bond motifs is 2. The van der Waals surface area contributed by atoms with Crippen molar-refractivity contribution in [1.82, 2.24) is 5.32 Å². The van der Waals surface area contributed by atoms with Crippen LogP contribution >= 0.6 is 0 Å². The molecule has 1 atom stereocenters. The topological polar surface area (TPSA) is 25.2 Å². The van der Waals surface area contributed by atoms with E-state index in [1.165, 1.54) is 16.5 Å². The molecular formula is C12H13NO. The second kappa shape index (κ2) is 2.85. The van der Waals surface area contributed by atoms with E-state index < -0.39 is 0 Å². The fourth-order valence-electron chi connectivity index (χ4n) is 2.29. The predicted molar refractivity (Wildman–Crippen MR) is 56.5 cm³/mol. The van der Waals surface area contributed by atoms with Crippen LogP contribution in [0.25, 0.3) is 11.0 Å². The van der Waals surface area contributed by atoms with Crippen LogP contribution in [0.3, 0.4) is 0 Å². The van der Waals surface area contributed by atoms with Gasteiger partial charge in [-0.3, -0.25) is 0 Å². The van der Waals surface area contributed by atoms with E-state index in [1.54, 1.807) is 6.26 Å². The van der Waals surface area contributed by atoms with Crippen LogP contribution in [0.5, 0.6) is 0 Å². The van der Waals surface area contributed by atoms with E-state index in [9.17, 15) is 0 Å². The van der Waals surface area contributed by atoms with Gasteiger partial charge in [0.15, 0.2) is 0 Å². The lowest BCUT2D eigenvalue weighted by atomic mass is 10.1. The van der Waals surface area contributed by atoms with Crippen molar-refractivity contribution in [2.24, 2.45) is 0 Å². The number of hydrogen-bond acceptors (Lipinski definition) is 2. The van der Waals surface area contributed by atoms with Gasteiger partial charge in [-0.2, -0.15) is 0 Å². The molecule has 0 amide bonds. The maximum absolute atomic E-state index is 5.39. The first-order valence-electron chi connectivity index (χ1n) is 5.03. The molecule has 1 N–H and O–H groups in total. The molecule has 72 valence electrons. The van der Waals surface area contributed by atoms with Crippen LogP contribution in [-0.2, 0) is 12.8 Å². The summed E-state index contributed by atoms with van der Waals surface area (Å²) in [5, 5.41) is 4.55. The smallest absolute Gasteiger partial charge is 0.134 e. The Labute approximate surface area is 82.9 Å². The summed E-state index contributed by atoms with van der Waals surface area (Å²) >= 11 is 0. The van der Waals surface area contributed by atoms with Crippen molar-refractivity contribution >= 4 is 11.0 Å². The van der Waals surface area contributed by atoms with Crippen molar-refractivity contribution in [1.29, 1.82) is 0 Å². The van der Waals surface area contributed by atoms with Crippen molar-refractivity contribution in [3.8, 4) is 0 Å². The SMILES string of the molecule is CN[C@@H]1Cc2cc3ccoc3cc2C1. The zero-order valence-electron chi connectivity index (χ0n) is 8.21. The molecule has 0 radical (unpaired) electrons. The maximum atomic E-state index is 5.39. The minimum Gasteiger partial charge on any atom is -0.464 e. The molecule has 1 aromatic heterocycles. The summed E-state index contributed by atoms with van der Waals surface area (Å²) in [5.74, 6) is 0. The third kappa shape index (κ3) is 1.07. The van der Waals surface area contributed by atoms with Crippen molar-refractivity contribution in [3.63, 3.8) is 0 Å². The van der Waals surface area contributed by atoms with Crippen LogP contribution in [0.1, 0.15) is 11.1 Å². The molecule has 2 nitrogen and oxygen atoms in total. The molecule has 1 aromatic carbocycles. The van der Waals surface area contributed by atoms with Crippen LogP contribution in [0, 0.1) is 0 Å². The van der Waals surface area contributed by atoms with E-state index in [4.69, 9.17) is 4.42 Å². The van der Waals surface area contributed by atoms with Crippen molar-refractivity contribution in [2.75, 3.05) is 7.05 Å². The molecule has 14 heavy (non-hydrogen) atoms. The van der Waals surface area contributed by atoms with E-state index in [-0.39, 0.29) is 0 Å². The highest BCUT2D eigenvalue weighted by atomic mass is 16.3. The largest absolute Gasteiger partial charge is 0.464 e. The average molecular weight is 187 g/mol. The number of benzene rings is 1. The maximum Gasteiger partial charge on any atom is 0.134 e. The summed E-state index contributed by atoms with van der Waals surface area (Å²) in [6.45, 7) is 0. The van der Waals surface area contributed by atoms with Gasteiger partial charge < -0.3 is 9.73 Å². The van der Waals surface area contributed by atoms with Gasteiger partial charge in [-0.15, -0.1) is 0 Å². The van der Waals surface area contributed by atoms with Crippen molar-refractivity contribution in [2.45, 2.75) is 18.9 Å². The van der Waals surface area contributed by atoms with E-state index >= 15 is 0 Å². The minimum atomic E-state index is 0.608. The van der Waals surface area contributed by atoms with Crippen LogP contribution in [0.15, 0.2) is 28.9 Å². The molecule has 0 spiro atoms. The van der Waals surface area contributed by atoms with E-state index in [2.05, 4.69) is 17.4 Å². The second-order valence-corrected chi connectivity index (χ2v) is 3.97. The summed E-state index contributed by atoms with van der Waals surface area (Å²) in [5.41, 5.74) is 3.92. The monoisotopic (exact) mass is 187 g/mol. The Morgan fingerprint density at radius 1 is 1.29 bits per heavy atom. The average Bonchev–Trinajstić information content (AvgIpc) is 2.77. The van der Waals surface area contributed by atoms with Gasteiger partial charge in [0.25, 0.3) is 0 Å². The van der Waals surface area contributed by atoms with Gasteiger partial charge >= 0.3 is 0 Å². The zero-order valence-corrected chi connectivity index (χ0v) is 8.21. The lowest BCUT2D eigenvalue weighted by Crippen LogP contribution is -2.24. The second-order valence-electron chi connectivity index (χ2n) is 3.97. The Morgan fingerprint density at radius 2 is 2.07 bits per heavy atom. The normalized spacial score (nSPS) is 20.2. The number of nitrogens with one attached hydrogen (secondary N) is 1. The first kappa shape index (κ1) is 8.06. The number of furan rings is 1. The third-order valence-corrected chi connectivity index (χ3v) is 3.12. The standard InChI is InChI=1S/C12H13NO/c1-13-11-5-9-4-8-2-3-14-12(8)7-10(9)6-11/h2-4,7,11,13H,5-6H2,1H3/t11-/m1/s1. The Bertz CT molecular complexity index is 432. The van der Waals surface area contributed by atoms with Gasteiger partial charge in [-0.1, -0.05) is 0 Å². The molecule has 3 rings (SSSR count). The highest BCUT2D eigenvalue weighted by Gasteiger charge is 2.20. The molecule has 1 heterocycles. The Kier molecular flexibility index (Phi) is 1.64.